The van der Waals surface area contributed by atoms with Crippen molar-refractivity contribution < 1.29 is 0 Å². The molecule has 36 heavy (non-hydrogen) atoms. The van der Waals surface area contributed by atoms with Gasteiger partial charge in [-0.25, -0.2) is 4.98 Å². The monoisotopic (exact) mass is 495 g/mol. The zero-order valence-electron chi connectivity index (χ0n) is 19.9. The molecule has 1 saturated carbocycles. The second-order valence-electron chi connectivity index (χ2n) is 9.63. The van der Waals surface area contributed by atoms with Gasteiger partial charge in [-0.3, -0.25) is 9.78 Å². The standard InChI is InChI=1S/C29H26ClN5O/c1-34-18-33-16-27(34)29(31,22-5-3-11-32-15-22)21-9-10-26-25(13-21)24(20-4-2-6-23(30)12-20)14-28(36)35(26)17-19-7-8-19/h2-6,9-16,18-19H,7-8,17,31H2,1H3. The predicted octanol–water partition coefficient (Wildman–Crippen LogP) is 5.11. The van der Waals surface area contributed by atoms with Crippen molar-refractivity contribution in [3.63, 3.8) is 0 Å². The molecule has 3 aromatic heterocycles. The van der Waals surface area contributed by atoms with Crippen LogP contribution in [0.4, 0.5) is 0 Å². The highest BCUT2D eigenvalue weighted by molar-refractivity contribution is 6.30. The largest absolute Gasteiger partial charge is 0.336 e. The van der Waals surface area contributed by atoms with Crippen LogP contribution in [-0.4, -0.2) is 19.1 Å². The molecule has 0 saturated heterocycles. The molecule has 1 aliphatic carbocycles. The third kappa shape index (κ3) is 3.83. The van der Waals surface area contributed by atoms with Crippen molar-refractivity contribution in [2.75, 3.05) is 0 Å². The maximum absolute atomic E-state index is 13.3. The van der Waals surface area contributed by atoms with Crippen LogP contribution in [-0.2, 0) is 19.1 Å². The first-order valence-corrected chi connectivity index (χ1v) is 12.4. The summed E-state index contributed by atoms with van der Waals surface area (Å²) in [5, 5.41) is 1.58. The Morgan fingerprint density at radius 2 is 1.89 bits per heavy atom. The van der Waals surface area contributed by atoms with Crippen molar-refractivity contribution in [2.45, 2.75) is 24.9 Å². The first-order chi connectivity index (χ1) is 17.4. The van der Waals surface area contributed by atoms with E-state index in [4.69, 9.17) is 17.3 Å². The molecule has 0 aliphatic heterocycles. The maximum atomic E-state index is 13.3. The molecule has 0 spiro atoms. The molecule has 1 aliphatic rings. The molecule has 3 heterocycles. The number of imidazole rings is 1. The number of nitrogens with zero attached hydrogens (tertiary/aromatic N) is 4. The van der Waals surface area contributed by atoms with E-state index in [1.54, 1.807) is 31.0 Å². The molecule has 7 heteroatoms. The fourth-order valence-electron chi connectivity index (χ4n) is 5.07. The van der Waals surface area contributed by atoms with Crippen molar-refractivity contribution in [2.24, 2.45) is 18.7 Å². The number of benzene rings is 2. The molecule has 2 N–H and O–H groups in total. The Hall–Kier alpha value is -3.74. The summed E-state index contributed by atoms with van der Waals surface area (Å²) in [6.07, 6.45) is 9.40. The molecule has 2 aromatic carbocycles. The van der Waals surface area contributed by atoms with Crippen LogP contribution in [0.3, 0.4) is 0 Å². The second kappa shape index (κ2) is 8.73. The number of hydrogen-bond donors (Lipinski definition) is 1. The quantitative estimate of drug-likeness (QED) is 0.355. The summed E-state index contributed by atoms with van der Waals surface area (Å²) in [5.74, 6) is 0.557. The van der Waals surface area contributed by atoms with Gasteiger partial charge in [0, 0.05) is 48.0 Å². The molecule has 5 aromatic rings. The summed E-state index contributed by atoms with van der Waals surface area (Å²) in [6, 6.07) is 19.4. The average molecular weight is 496 g/mol. The van der Waals surface area contributed by atoms with E-state index < -0.39 is 5.54 Å². The summed E-state index contributed by atoms with van der Waals surface area (Å²) in [4.78, 5) is 22.0. The van der Waals surface area contributed by atoms with Crippen LogP contribution in [0.1, 0.15) is 29.7 Å². The van der Waals surface area contributed by atoms with Crippen LogP contribution < -0.4 is 11.3 Å². The van der Waals surface area contributed by atoms with Crippen molar-refractivity contribution in [1.82, 2.24) is 19.1 Å². The fraction of sp³-hybridized carbons (Fsp3) is 0.207. The van der Waals surface area contributed by atoms with Gasteiger partial charge in [0.15, 0.2) is 0 Å². The summed E-state index contributed by atoms with van der Waals surface area (Å²) in [5.41, 5.74) is 11.5. The molecule has 6 rings (SSSR count). The summed E-state index contributed by atoms with van der Waals surface area (Å²) >= 11 is 6.34. The normalized spacial score (nSPS) is 15.2. The highest BCUT2D eigenvalue weighted by Crippen LogP contribution is 2.38. The van der Waals surface area contributed by atoms with Gasteiger partial charge >= 0.3 is 0 Å². The Balaban J connectivity index is 1.65. The van der Waals surface area contributed by atoms with Gasteiger partial charge in [-0.1, -0.05) is 35.9 Å². The number of hydrogen-bond acceptors (Lipinski definition) is 4. The van der Waals surface area contributed by atoms with Crippen LogP contribution in [0.25, 0.3) is 22.0 Å². The zero-order chi connectivity index (χ0) is 24.9. The van der Waals surface area contributed by atoms with E-state index in [0.717, 1.165) is 58.2 Å². The lowest BCUT2D eigenvalue weighted by Crippen LogP contribution is -2.41. The lowest BCUT2D eigenvalue weighted by molar-refractivity contribution is 0.593. The fourth-order valence-corrected chi connectivity index (χ4v) is 5.26. The van der Waals surface area contributed by atoms with Crippen LogP contribution in [0, 0.1) is 5.92 Å². The van der Waals surface area contributed by atoms with Gasteiger partial charge in [-0.2, -0.15) is 0 Å². The van der Waals surface area contributed by atoms with E-state index in [1.165, 1.54) is 0 Å². The van der Waals surface area contributed by atoms with Crippen molar-refractivity contribution >= 4 is 22.5 Å². The van der Waals surface area contributed by atoms with Crippen LogP contribution in [0.2, 0.25) is 5.02 Å². The molecule has 0 bridgehead atoms. The van der Waals surface area contributed by atoms with E-state index in [1.807, 2.05) is 64.7 Å². The maximum Gasteiger partial charge on any atom is 0.251 e. The van der Waals surface area contributed by atoms with Crippen LogP contribution >= 0.6 is 11.6 Å². The molecule has 6 nitrogen and oxygen atoms in total. The Bertz CT molecular complexity index is 1640. The molecule has 1 atom stereocenters. The van der Waals surface area contributed by atoms with Crippen molar-refractivity contribution in [3.8, 4) is 11.1 Å². The Morgan fingerprint density at radius 3 is 2.58 bits per heavy atom. The average Bonchev–Trinajstić information content (AvgIpc) is 3.62. The van der Waals surface area contributed by atoms with E-state index in [2.05, 4.69) is 16.0 Å². The Labute approximate surface area is 214 Å². The molecule has 0 radical (unpaired) electrons. The van der Waals surface area contributed by atoms with Gasteiger partial charge < -0.3 is 14.9 Å². The first-order valence-electron chi connectivity index (χ1n) is 12.1. The van der Waals surface area contributed by atoms with Gasteiger partial charge in [0.2, 0.25) is 0 Å². The van der Waals surface area contributed by atoms with Gasteiger partial charge in [0.1, 0.15) is 5.54 Å². The van der Waals surface area contributed by atoms with E-state index >= 15 is 0 Å². The van der Waals surface area contributed by atoms with E-state index in [-0.39, 0.29) is 5.56 Å². The molecule has 1 fully saturated rings. The number of pyridine rings is 2. The van der Waals surface area contributed by atoms with Gasteiger partial charge in [-0.15, -0.1) is 0 Å². The molecular weight excluding hydrogens is 470 g/mol. The molecular formula is C29H26ClN5O. The highest BCUT2D eigenvalue weighted by Gasteiger charge is 2.35. The number of aryl methyl sites for hydroxylation is 1. The van der Waals surface area contributed by atoms with Gasteiger partial charge in [-0.05, 0) is 65.8 Å². The van der Waals surface area contributed by atoms with Crippen molar-refractivity contribution in [1.29, 1.82) is 0 Å². The van der Waals surface area contributed by atoms with Crippen LogP contribution in [0.5, 0.6) is 0 Å². The smallest absolute Gasteiger partial charge is 0.251 e. The molecule has 0 amide bonds. The third-order valence-electron chi connectivity index (χ3n) is 7.18. The summed E-state index contributed by atoms with van der Waals surface area (Å²) in [7, 11) is 1.94. The lowest BCUT2D eigenvalue weighted by Gasteiger charge is -2.31. The first kappa shape index (κ1) is 22.7. The second-order valence-corrected chi connectivity index (χ2v) is 10.1. The Morgan fingerprint density at radius 1 is 1.03 bits per heavy atom. The minimum atomic E-state index is -1.00. The summed E-state index contributed by atoms with van der Waals surface area (Å²) in [6.45, 7) is 0.725. The SMILES string of the molecule is Cn1cncc1C(N)(c1cccnc1)c1ccc2c(c1)c(-c1cccc(Cl)c1)cc(=O)n2CC1CC1. The van der Waals surface area contributed by atoms with E-state index in [9.17, 15) is 4.79 Å². The zero-order valence-corrected chi connectivity index (χ0v) is 20.7. The number of aromatic nitrogens is 4. The minimum Gasteiger partial charge on any atom is -0.336 e. The van der Waals surface area contributed by atoms with Gasteiger partial charge in [0.25, 0.3) is 5.56 Å². The topological polar surface area (TPSA) is 78.7 Å². The lowest BCUT2D eigenvalue weighted by atomic mass is 9.81. The number of rotatable bonds is 6. The summed E-state index contributed by atoms with van der Waals surface area (Å²) < 4.78 is 3.83. The van der Waals surface area contributed by atoms with E-state index in [0.29, 0.717) is 10.9 Å². The van der Waals surface area contributed by atoms with Gasteiger partial charge in [0.05, 0.1) is 23.7 Å². The number of fused-ring (bicyclic) bond motifs is 1. The number of halogens is 1. The highest BCUT2D eigenvalue weighted by atomic mass is 35.5. The molecule has 1 unspecified atom stereocenters. The minimum absolute atomic E-state index is 0.00460. The molecule has 180 valence electrons. The van der Waals surface area contributed by atoms with Crippen molar-refractivity contribution in [3.05, 3.63) is 118 Å². The Kier molecular flexibility index (Phi) is 5.51. The van der Waals surface area contributed by atoms with Crippen LogP contribution in [0.15, 0.2) is 90.4 Å². The predicted molar refractivity (Wildman–Crippen MR) is 143 cm³/mol. The third-order valence-corrected chi connectivity index (χ3v) is 7.41. The number of nitrogens with two attached hydrogens (primary N) is 1.